The number of rotatable bonds is 6. The highest BCUT2D eigenvalue weighted by Gasteiger charge is 2.19. The molecule has 0 radical (unpaired) electrons. The van der Waals surface area contributed by atoms with Crippen molar-refractivity contribution in [3.63, 3.8) is 0 Å². The summed E-state index contributed by atoms with van der Waals surface area (Å²) in [7, 11) is 0. The summed E-state index contributed by atoms with van der Waals surface area (Å²) < 4.78 is 0. The molecule has 0 aliphatic carbocycles. The van der Waals surface area contributed by atoms with Crippen LogP contribution in [0, 0.1) is 18.8 Å². The van der Waals surface area contributed by atoms with Crippen molar-refractivity contribution in [1.29, 1.82) is 0 Å². The Kier molecular flexibility index (Phi) is 6.04. The average molecular weight is 289 g/mol. The first-order chi connectivity index (χ1) is 10.1. The molecule has 1 aromatic heterocycles. The third-order valence-electron chi connectivity index (χ3n) is 4.40. The lowest BCUT2D eigenvalue weighted by molar-refractivity contribution is 0.393. The third-order valence-corrected chi connectivity index (χ3v) is 4.40. The molecule has 1 aromatic rings. The van der Waals surface area contributed by atoms with Gasteiger partial charge in [-0.1, -0.05) is 27.2 Å². The van der Waals surface area contributed by atoms with Crippen LogP contribution in [0.5, 0.6) is 0 Å². The van der Waals surface area contributed by atoms with Crippen LogP contribution in [0.15, 0.2) is 12.1 Å². The number of pyridine rings is 1. The van der Waals surface area contributed by atoms with E-state index < -0.39 is 0 Å². The third kappa shape index (κ3) is 4.99. The van der Waals surface area contributed by atoms with E-state index in [-0.39, 0.29) is 0 Å². The maximum Gasteiger partial charge on any atom is 0.129 e. The van der Waals surface area contributed by atoms with E-state index in [2.05, 4.69) is 50.0 Å². The largest absolute Gasteiger partial charge is 0.357 e. The fourth-order valence-electron chi connectivity index (χ4n) is 3.06. The zero-order chi connectivity index (χ0) is 15.2. The number of hydrogen-bond acceptors (Lipinski definition) is 3. The van der Waals surface area contributed by atoms with Gasteiger partial charge in [0.1, 0.15) is 5.82 Å². The molecule has 0 spiro atoms. The number of nitrogens with one attached hydrogen (secondary N) is 1. The molecule has 1 saturated heterocycles. The normalized spacial score (nSPS) is 16.7. The van der Waals surface area contributed by atoms with Crippen molar-refractivity contribution in [3.05, 3.63) is 23.4 Å². The van der Waals surface area contributed by atoms with Crippen LogP contribution in [0.3, 0.4) is 0 Å². The average Bonchev–Trinajstić information content (AvgIpc) is 2.46. The molecule has 118 valence electrons. The zero-order valence-corrected chi connectivity index (χ0v) is 14.2. The van der Waals surface area contributed by atoms with Crippen LogP contribution in [-0.4, -0.2) is 24.6 Å². The van der Waals surface area contributed by atoms with E-state index in [4.69, 9.17) is 4.98 Å². The van der Waals surface area contributed by atoms with Crippen LogP contribution >= 0.6 is 0 Å². The standard InChI is InChI=1S/C18H31N3/c1-5-16-6-8-21(9-7-16)18-11-17(10-15(4)20-18)13-19-12-14(2)3/h10-11,14,16,19H,5-9,12-13H2,1-4H3. The van der Waals surface area contributed by atoms with Crippen LogP contribution < -0.4 is 10.2 Å². The van der Waals surface area contributed by atoms with Crippen LogP contribution in [0.2, 0.25) is 0 Å². The van der Waals surface area contributed by atoms with Crippen molar-refractivity contribution >= 4 is 5.82 Å². The molecule has 0 amide bonds. The van der Waals surface area contributed by atoms with Crippen molar-refractivity contribution in [2.24, 2.45) is 11.8 Å². The SMILES string of the molecule is CCC1CCN(c2cc(CNCC(C)C)cc(C)n2)CC1. The number of aryl methyl sites for hydroxylation is 1. The molecule has 0 atom stereocenters. The van der Waals surface area contributed by atoms with E-state index in [9.17, 15) is 0 Å². The molecule has 3 nitrogen and oxygen atoms in total. The summed E-state index contributed by atoms with van der Waals surface area (Å²) in [5.74, 6) is 2.78. The van der Waals surface area contributed by atoms with E-state index in [0.717, 1.165) is 37.8 Å². The highest BCUT2D eigenvalue weighted by Crippen LogP contribution is 2.24. The molecule has 2 heterocycles. The van der Waals surface area contributed by atoms with E-state index in [0.29, 0.717) is 5.92 Å². The van der Waals surface area contributed by atoms with Gasteiger partial charge in [0.25, 0.3) is 0 Å². The lowest BCUT2D eigenvalue weighted by atomic mass is 9.94. The predicted molar refractivity (Wildman–Crippen MR) is 90.7 cm³/mol. The monoisotopic (exact) mass is 289 g/mol. The Morgan fingerprint density at radius 3 is 2.62 bits per heavy atom. The molecule has 3 heteroatoms. The number of aromatic nitrogens is 1. The molecular formula is C18H31N3. The summed E-state index contributed by atoms with van der Waals surface area (Å²) >= 11 is 0. The first-order valence-electron chi connectivity index (χ1n) is 8.51. The summed E-state index contributed by atoms with van der Waals surface area (Å²) in [6.45, 7) is 13.2. The summed E-state index contributed by atoms with van der Waals surface area (Å²) in [4.78, 5) is 7.21. The Labute approximate surface area is 130 Å². The molecule has 1 aliphatic rings. The lowest BCUT2D eigenvalue weighted by Gasteiger charge is -2.32. The van der Waals surface area contributed by atoms with E-state index in [1.807, 2.05) is 0 Å². The second-order valence-electron chi connectivity index (χ2n) is 6.84. The highest BCUT2D eigenvalue weighted by molar-refractivity contribution is 5.43. The Balaban J connectivity index is 1.98. The summed E-state index contributed by atoms with van der Waals surface area (Å²) in [6.07, 6.45) is 3.94. The quantitative estimate of drug-likeness (QED) is 0.864. The minimum absolute atomic E-state index is 0.695. The molecule has 2 rings (SSSR count). The summed E-state index contributed by atoms with van der Waals surface area (Å²) in [6, 6.07) is 4.47. The minimum atomic E-state index is 0.695. The van der Waals surface area contributed by atoms with Crippen molar-refractivity contribution in [2.75, 3.05) is 24.5 Å². The van der Waals surface area contributed by atoms with E-state index >= 15 is 0 Å². The van der Waals surface area contributed by atoms with Gasteiger partial charge in [0.05, 0.1) is 0 Å². The van der Waals surface area contributed by atoms with E-state index in [1.165, 1.54) is 30.6 Å². The molecule has 0 saturated carbocycles. The van der Waals surface area contributed by atoms with Crippen molar-refractivity contribution < 1.29 is 0 Å². The second kappa shape index (κ2) is 7.79. The molecule has 1 fully saturated rings. The topological polar surface area (TPSA) is 28.2 Å². The van der Waals surface area contributed by atoms with Crippen molar-refractivity contribution in [2.45, 2.75) is 53.5 Å². The lowest BCUT2D eigenvalue weighted by Crippen LogP contribution is -2.34. The number of nitrogens with zero attached hydrogens (tertiary/aromatic N) is 2. The Hall–Kier alpha value is -1.09. The Morgan fingerprint density at radius 1 is 1.29 bits per heavy atom. The first kappa shape index (κ1) is 16.3. The van der Waals surface area contributed by atoms with Gasteiger partial charge in [-0.2, -0.15) is 0 Å². The molecule has 0 aromatic carbocycles. The fraction of sp³-hybridized carbons (Fsp3) is 0.722. The van der Waals surface area contributed by atoms with Crippen LogP contribution in [0.4, 0.5) is 5.82 Å². The van der Waals surface area contributed by atoms with Crippen LogP contribution in [0.25, 0.3) is 0 Å². The molecule has 1 N–H and O–H groups in total. The number of hydrogen-bond donors (Lipinski definition) is 1. The molecule has 21 heavy (non-hydrogen) atoms. The predicted octanol–water partition coefficient (Wildman–Crippen LogP) is 3.76. The maximum atomic E-state index is 4.75. The summed E-state index contributed by atoms with van der Waals surface area (Å²) in [5.41, 5.74) is 2.49. The highest BCUT2D eigenvalue weighted by atomic mass is 15.2. The van der Waals surface area contributed by atoms with Gasteiger partial charge < -0.3 is 10.2 Å². The van der Waals surface area contributed by atoms with Crippen LogP contribution in [0.1, 0.15) is 51.3 Å². The molecule has 0 unspecified atom stereocenters. The van der Waals surface area contributed by atoms with Crippen LogP contribution in [-0.2, 0) is 6.54 Å². The van der Waals surface area contributed by atoms with E-state index in [1.54, 1.807) is 0 Å². The number of anilines is 1. The zero-order valence-electron chi connectivity index (χ0n) is 14.2. The smallest absolute Gasteiger partial charge is 0.129 e. The second-order valence-corrected chi connectivity index (χ2v) is 6.84. The first-order valence-corrected chi connectivity index (χ1v) is 8.51. The van der Waals surface area contributed by atoms with Gasteiger partial charge >= 0.3 is 0 Å². The molecule has 0 bridgehead atoms. The molecule has 1 aliphatic heterocycles. The fourth-order valence-corrected chi connectivity index (χ4v) is 3.06. The van der Waals surface area contributed by atoms with Gasteiger partial charge in [0.15, 0.2) is 0 Å². The van der Waals surface area contributed by atoms with Gasteiger partial charge in [-0.05, 0) is 55.8 Å². The van der Waals surface area contributed by atoms with Gasteiger partial charge in [-0.25, -0.2) is 4.98 Å². The van der Waals surface area contributed by atoms with Crippen molar-refractivity contribution in [3.8, 4) is 0 Å². The summed E-state index contributed by atoms with van der Waals surface area (Å²) in [5, 5.41) is 3.53. The molecular weight excluding hydrogens is 258 g/mol. The van der Waals surface area contributed by atoms with Crippen molar-refractivity contribution in [1.82, 2.24) is 10.3 Å². The maximum absolute atomic E-state index is 4.75. The Morgan fingerprint density at radius 2 is 2.00 bits per heavy atom. The van der Waals surface area contributed by atoms with Gasteiger partial charge in [0, 0.05) is 25.3 Å². The van der Waals surface area contributed by atoms with Gasteiger partial charge in [-0.15, -0.1) is 0 Å². The van der Waals surface area contributed by atoms with Gasteiger partial charge in [0.2, 0.25) is 0 Å². The number of piperidine rings is 1. The van der Waals surface area contributed by atoms with Gasteiger partial charge in [-0.3, -0.25) is 0 Å². The Bertz CT molecular complexity index is 434. The minimum Gasteiger partial charge on any atom is -0.357 e.